The van der Waals surface area contributed by atoms with Gasteiger partial charge in [0, 0.05) is 35.1 Å². The Morgan fingerprint density at radius 1 is 1.08 bits per heavy atom. The number of carbonyl (C=O) groups excluding carboxylic acids is 1. The molecule has 0 atom stereocenters. The molecule has 1 aliphatic rings. The third kappa shape index (κ3) is 4.88. The number of rotatable bonds is 6. The van der Waals surface area contributed by atoms with Gasteiger partial charge in [-0.2, -0.15) is 0 Å². The highest BCUT2D eigenvalue weighted by Gasteiger charge is 2.28. The Balaban J connectivity index is 1.38. The molecule has 0 saturated carbocycles. The third-order valence-corrected chi connectivity index (χ3v) is 8.95. The monoisotopic (exact) mass is 545 g/mol. The van der Waals surface area contributed by atoms with Crippen molar-refractivity contribution < 1.29 is 9.53 Å². The van der Waals surface area contributed by atoms with Crippen LogP contribution in [0.2, 0.25) is 5.02 Å². The maximum absolute atomic E-state index is 13.4. The van der Waals surface area contributed by atoms with Gasteiger partial charge in [-0.15, -0.1) is 22.7 Å². The highest BCUT2D eigenvalue weighted by Crippen LogP contribution is 2.46. The van der Waals surface area contributed by atoms with E-state index in [1.54, 1.807) is 48.0 Å². The number of benzene rings is 3. The van der Waals surface area contributed by atoms with Crippen LogP contribution in [-0.4, -0.2) is 29.4 Å². The van der Waals surface area contributed by atoms with Crippen LogP contribution in [0.25, 0.3) is 20.8 Å². The summed E-state index contributed by atoms with van der Waals surface area (Å²) in [5.41, 5.74) is 4.99. The molecule has 1 amide bonds. The molecule has 186 valence electrons. The van der Waals surface area contributed by atoms with Crippen molar-refractivity contribution >= 4 is 55.4 Å². The average Bonchev–Trinajstić information content (AvgIpc) is 3.49. The molecule has 3 heterocycles. The number of nitrogens with zero attached hydrogens (tertiary/aromatic N) is 2. The van der Waals surface area contributed by atoms with Crippen molar-refractivity contribution in [2.75, 3.05) is 19.0 Å². The van der Waals surface area contributed by atoms with E-state index in [0.29, 0.717) is 16.3 Å². The Labute approximate surface area is 228 Å². The van der Waals surface area contributed by atoms with E-state index in [1.807, 2.05) is 24.3 Å². The van der Waals surface area contributed by atoms with Crippen molar-refractivity contribution in [3.05, 3.63) is 99.4 Å². The fourth-order valence-electron chi connectivity index (χ4n) is 4.75. The Hall–Kier alpha value is -3.23. The Morgan fingerprint density at radius 3 is 2.70 bits per heavy atom. The number of hydrogen-bond donors (Lipinski definition) is 1. The zero-order valence-corrected chi connectivity index (χ0v) is 22.6. The lowest BCUT2D eigenvalue weighted by molar-refractivity contribution is 0.102. The largest absolute Gasteiger partial charge is 0.496 e. The van der Waals surface area contributed by atoms with Gasteiger partial charge in [-0.25, -0.2) is 4.98 Å². The maximum atomic E-state index is 13.4. The minimum atomic E-state index is -0.249. The minimum Gasteiger partial charge on any atom is -0.496 e. The van der Waals surface area contributed by atoms with E-state index in [9.17, 15) is 4.79 Å². The molecule has 5 nitrogen and oxygen atoms in total. The predicted molar refractivity (Wildman–Crippen MR) is 153 cm³/mol. The molecule has 0 bridgehead atoms. The lowest BCUT2D eigenvalue weighted by Gasteiger charge is -2.27. The first kappa shape index (κ1) is 24.1. The van der Waals surface area contributed by atoms with Gasteiger partial charge in [0.05, 0.1) is 22.9 Å². The van der Waals surface area contributed by atoms with Gasteiger partial charge in [0.2, 0.25) is 0 Å². The summed E-state index contributed by atoms with van der Waals surface area (Å²) in [4.78, 5) is 22.1. The fourth-order valence-corrected chi connectivity index (χ4v) is 7.32. The van der Waals surface area contributed by atoms with Crippen LogP contribution in [0.3, 0.4) is 0 Å². The topological polar surface area (TPSA) is 54.5 Å². The van der Waals surface area contributed by atoms with Crippen LogP contribution in [0.15, 0.2) is 72.8 Å². The van der Waals surface area contributed by atoms with E-state index in [4.69, 9.17) is 21.3 Å². The number of anilines is 1. The van der Waals surface area contributed by atoms with Crippen molar-refractivity contribution in [2.24, 2.45) is 0 Å². The highest BCUT2D eigenvalue weighted by molar-refractivity contribution is 7.23. The second-order valence-electron chi connectivity index (χ2n) is 8.94. The summed E-state index contributed by atoms with van der Waals surface area (Å²) in [5, 5.41) is 5.42. The average molecular weight is 546 g/mol. The number of aromatic nitrogens is 1. The summed E-state index contributed by atoms with van der Waals surface area (Å²) < 4.78 is 6.57. The van der Waals surface area contributed by atoms with Crippen molar-refractivity contribution in [2.45, 2.75) is 19.5 Å². The summed E-state index contributed by atoms with van der Waals surface area (Å²) >= 11 is 9.52. The van der Waals surface area contributed by atoms with Crippen LogP contribution in [0.1, 0.15) is 26.4 Å². The second kappa shape index (κ2) is 10.3. The SMILES string of the molecule is COc1ccc(Cl)cc1C(=O)Nc1sc2c(c1-c1nc3ccccc3s1)CCN(Cc1ccccc1)C2. The summed E-state index contributed by atoms with van der Waals surface area (Å²) in [6, 6.07) is 23.8. The Morgan fingerprint density at radius 2 is 1.89 bits per heavy atom. The zero-order chi connectivity index (χ0) is 25.4. The summed E-state index contributed by atoms with van der Waals surface area (Å²) in [7, 11) is 1.55. The van der Waals surface area contributed by atoms with Crippen molar-refractivity contribution in [3.63, 3.8) is 0 Å². The molecule has 0 fully saturated rings. The number of amides is 1. The fraction of sp³-hybridized carbons (Fsp3) is 0.172. The number of para-hydroxylation sites is 1. The van der Waals surface area contributed by atoms with Gasteiger partial charge in [-0.1, -0.05) is 54.1 Å². The number of ether oxygens (including phenoxy) is 1. The molecule has 0 unspecified atom stereocenters. The molecule has 2 aromatic heterocycles. The number of thiazole rings is 1. The molecule has 5 aromatic rings. The van der Waals surface area contributed by atoms with Crippen LogP contribution in [0, 0.1) is 0 Å². The van der Waals surface area contributed by atoms with E-state index in [1.165, 1.54) is 16.0 Å². The lowest BCUT2D eigenvalue weighted by Crippen LogP contribution is -2.29. The summed E-state index contributed by atoms with van der Waals surface area (Å²) in [6.45, 7) is 2.69. The first-order chi connectivity index (χ1) is 18.1. The van der Waals surface area contributed by atoms with Crippen molar-refractivity contribution in [1.82, 2.24) is 9.88 Å². The summed E-state index contributed by atoms with van der Waals surface area (Å²) in [5.74, 6) is 0.236. The molecule has 0 spiro atoms. The van der Waals surface area contributed by atoms with Crippen LogP contribution in [0.5, 0.6) is 5.75 Å². The first-order valence-corrected chi connectivity index (χ1v) is 14.0. The van der Waals surface area contributed by atoms with Gasteiger partial charge in [-0.05, 0) is 47.9 Å². The number of carbonyl (C=O) groups is 1. The first-order valence-electron chi connectivity index (χ1n) is 12.0. The molecule has 3 aromatic carbocycles. The number of thiophene rings is 1. The lowest BCUT2D eigenvalue weighted by atomic mass is 10.0. The number of hydrogen-bond acceptors (Lipinski definition) is 6. The molecule has 1 N–H and O–H groups in total. The molecule has 6 rings (SSSR count). The standard InChI is InChI=1S/C29H24ClN3O2S2/c1-35-23-12-11-19(30)15-21(23)27(34)32-29-26(28-31-22-9-5-6-10-24(22)36-28)20-13-14-33(17-25(20)37-29)16-18-7-3-2-4-8-18/h2-12,15H,13-14,16-17H2,1H3,(H,32,34). The normalized spacial score (nSPS) is 13.5. The quantitative estimate of drug-likeness (QED) is 0.240. The number of fused-ring (bicyclic) bond motifs is 2. The number of methoxy groups -OCH3 is 1. The van der Waals surface area contributed by atoms with Gasteiger partial charge >= 0.3 is 0 Å². The van der Waals surface area contributed by atoms with E-state index in [2.05, 4.69) is 40.5 Å². The van der Waals surface area contributed by atoms with Crippen molar-refractivity contribution in [3.8, 4) is 16.3 Å². The molecule has 0 aliphatic carbocycles. The van der Waals surface area contributed by atoms with Crippen molar-refractivity contribution in [1.29, 1.82) is 0 Å². The Kier molecular flexibility index (Phi) is 6.69. The van der Waals surface area contributed by atoms with Crippen LogP contribution < -0.4 is 10.1 Å². The molecule has 8 heteroatoms. The smallest absolute Gasteiger partial charge is 0.260 e. The molecule has 37 heavy (non-hydrogen) atoms. The summed E-state index contributed by atoms with van der Waals surface area (Å²) in [6.07, 6.45) is 0.903. The third-order valence-electron chi connectivity index (χ3n) is 6.53. The maximum Gasteiger partial charge on any atom is 0.260 e. The van der Waals surface area contributed by atoms with Gasteiger partial charge in [0.25, 0.3) is 5.91 Å². The number of nitrogens with one attached hydrogen (secondary N) is 1. The van der Waals surface area contributed by atoms with Crippen LogP contribution in [-0.2, 0) is 19.5 Å². The molecule has 0 radical (unpaired) electrons. The van der Waals surface area contributed by atoms with Crippen LogP contribution in [0.4, 0.5) is 5.00 Å². The predicted octanol–water partition coefficient (Wildman–Crippen LogP) is 7.50. The van der Waals surface area contributed by atoms with Gasteiger partial charge < -0.3 is 10.1 Å². The minimum absolute atomic E-state index is 0.249. The van der Waals surface area contributed by atoms with Gasteiger partial charge in [-0.3, -0.25) is 9.69 Å². The van der Waals surface area contributed by atoms with E-state index in [0.717, 1.165) is 51.8 Å². The van der Waals surface area contributed by atoms with Gasteiger partial charge in [0.1, 0.15) is 15.8 Å². The molecule has 0 saturated heterocycles. The van der Waals surface area contributed by atoms with Gasteiger partial charge in [0.15, 0.2) is 0 Å². The van der Waals surface area contributed by atoms with E-state index >= 15 is 0 Å². The van der Waals surface area contributed by atoms with E-state index < -0.39 is 0 Å². The molecular formula is C29H24ClN3O2S2. The Bertz CT molecular complexity index is 1560. The van der Waals surface area contributed by atoms with E-state index in [-0.39, 0.29) is 5.91 Å². The second-order valence-corrected chi connectivity index (χ2v) is 11.5. The molecular weight excluding hydrogens is 522 g/mol. The molecule has 1 aliphatic heterocycles. The highest BCUT2D eigenvalue weighted by atomic mass is 35.5. The zero-order valence-electron chi connectivity index (χ0n) is 20.2. The number of halogens is 1. The van der Waals surface area contributed by atoms with Crippen LogP contribution >= 0.6 is 34.3 Å².